The Morgan fingerprint density at radius 1 is 0.320 bits per heavy atom. The third-order valence-corrected chi connectivity index (χ3v) is 0. The Labute approximate surface area is 244 Å². The number of nitrogens with zero attached hydrogens (tertiary/aromatic N) is 4. The fourth-order valence-electron chi connectivity index (χ4n) is 0. The van der Waals surface area contributed by atoms with Gasteiger partial charge in [0, 0.05) is 36.7 Å². The smallest absolute Gasteiger partial charge is 3.00 e. The van der Waals surface area contributed by atoms with E-state index in [4.69, 9.17) is 56.2 Å². The van der Waals surface area contributed by atoms with Gasteiger partial charge >= 0.3 is 131 Å². The van der Waals surface area contributed by atoms with E-state index in [9.17, 15) is 0 Å². The standard InChI is InChI=1S/4N.4O3Si.5Zr/c;;;;4*1-4(2)3;;;;;/q4*-3;4*-2;5*+4. The molecule has 0 aromatic rings. The molecule has 0 unspecified atom stereocenters. The molecule has 128 valence electrons. The van der Waals surface area contributed by atoms with E-state index >= 15 is 0 Å². The van der Waals surface area contributed by atoms with Gasteiger partial charge in [-0.25, -0.2) is 0 Å². The molecule has 16 nitrogen and oxygen atoms in total. The van der Waals surface area contributed by atoms with Gasteiger partial charge in [0.15, 0.2) is 0 Å². The molecule has 0 heterocycles. The summed E-state index contributed by atoms with van der Waals surface area (Å²) in [5.74, 6) is 0. The van der Waals surface area contributed by atoms with Crippen LogP contribution in [-0.4, -0.2) is 36.7 Å². The maximum Gasteiger partial charge on any atom is 4.00 e. The van der Waals surface area contributed by atoms with Crippen LogP contribution in [0.4, 0.5) is 0 Å². The molecule has 0 rings (SSSR count). The van der Waals surface area contributed by atoms with Gasteiger partial charge in [-0.1, -0.05) is 0 Å². The van der Waals surface area contributed by atoms with Gasteiger partial charge in [-0.2, -0.15) is 0 Å². The Bertz CT molecular complexity index is 186. The summed E-state index contributed by atoms with van der Waals surface area (Å²) in [6.45, 7) is 0. The summed E-state index contributed by atoms with van der Waals surface area (Å²) in [7, 11) is -14.5. The predicted molar refractivity (Wildman–Crippen MR) is 39.2 cm³/mol. The van der Waals surface area contributed by atoms with Crippen molar-refractivity contribution in [1.82, 2.24) is 0 Å². The largest absolute Gasteiger partial charge is 4.00 e. The quantitative estimate of drug-likeness (QED) is 0.206. The van der Waals surface area contributed by atoms with Gasteiger partial charge in [0.2, 0.25) is 0 Å². The Morgan fingerprint density at radius 2 is 0.320 bits per heavy atom. The van der Waals surface area contributed by atoms with E-state index in [1.165, 1.54) is 0 Å². The van der Waals surface area contributed by atoms with Crippen LogP contribution >= 0.6 is 0 Å². The van der Waals surface area contributed by atoms with Gasteiger partial charge in [-0.15, -0.1) is 0 Å². The fraction of sp³-hybridized carbons (Fsp3) is 0. The first-order valence-corrected chi connectivity index (χ1v) is 7.35. The summed E-state index contributed by atoms with van der Waals surface area (Å²) < 4.78 is 34.1. The van der Waals surface area contributed by atoms with Crippen molar-refractivity contribution < 1.29 is 187 Å². The molecule has 0 radical (unpaired) electrons. The average Bonchev–Trinajstić information content (AvgIpc) is 1.76. The van der Waals surface area contributed by atoms with Crippen LogP contribution in [0, 0.1) is 0 Å². The van der Waals surface area contributed by atoms with Crippen LogP contribution in [0.15, 0.2) is 0 Å². The second-order valence-electron chi connectivity index (χ2n) is 1.00. The third kappa shape index (κ3) is 2200. The summed E-state index contributed by atoms with van der Waals surface area (Å²) >= 11 is 0. The van der Waals surface area contributed by atoms with Gasteiger partial charge in [-0.05, 0) is 0 Å². The van der Waals surface area contributed by atoms with Crippen LogP contribution in [0.1, 0.15) is 0 Å². The predicted octanol–water partition coefficient (Wildman–Crippen LogP) is -10.4. The van der Waals surface area contributed by atoms with E-state index in [0.29, 0.717) is 0 Å². The molecular weight excluding hydrogens is 816 g/mol. The van der Waals surface area contributed by atoms with Crippen molar-refractivity contribution in [2.24, 2.45) is 0 Å². The van der Waals surface area contributed by atoms with Crippen molar-refractivity contribution in [2.45, 2.75) is 0 Å². The molecule has 0 amide bonds. The normalized spacial score (nSPS) is 3.84. The maximum atomic E-state index is 8.52. The number of rotatable bonds is 0. The van der Waals surface area contributed by atoms with E-state index in [-0.39, 0.29) is 156 Å². The van der Waals surface area contributed by atoms with Crippen molar-refractivity contribution in [1.29, 1.82) is 0 Å². The molecule has 0 N–H and O–H groups in total. The first kappa shape index (κ1) is 91.3. The molecule has 0 aliphatic rings. The van der Waals surface area contributed by atoms with E-state index in [2.05, 4.69) is 0 Å². The zero-order chi connectivity index (χ0) is 14.3. The summed E-state index contributed by atoms with van der Waals surface area (Å²) in [5.41, 5.74) is 0. The van der Waals surface area contributed by atoms with Crippen molar-refractivity contribution in [3.8, 4) is 0 Å². The molecule has 0 spiro atoms. The van der Waals surface area contributed by atoms with Crippen LogP contribution in [0.5, 0.6) is 0 Å². The van der Waals surface area contributed by atoms with Crippen LogP contribution in [-0.2, 0) is 149 Å². The molecule has 0 saturated heterocycles. The summed E-state index contributed by atoms with van der Waals surface area (Å²) in [5, 5.41) is 0. The van der Waals surface area contributed by atoms with Crippen LogP contribution < -0.4 is 38.4 Å². The molecule has 0 fully saturated rings. The van der Waals surface area contributed by atoms with Crippen molar-refractivity contribution in [2.75, 3.05) is 0 Å². The maximum absolute atomic E-state index is 8.52. The molecule has 0 aliphatic heterocycles. The van der Waals surface area contributed by atoms with Crippen LogP contribution in [0.25, 0.3) is 24.6 Å². The molecule has 0 aromatic heterocycles. The van der Waals surface area contributed by atoms with Gasteiger partial charge in [-0.3, -0.25) is 0 Å². The third-order valence-electron chi connectivity index (χ3n) is 0. The van der Waals surface area contributed by atoms with Gasteiger partial charge in [0.05, 0.1) is 0 Å². The average molecular weight is 816 g/mol. The first-order chi connectivity index (χ1) is 6.93. The Morgan fingerprint density at radius 3 is 0.320 bits per heavy atom. The molecule has 0 aromatic carbocycles. The second kappa shape index (κ2) is 81.6. The van der Waals surface area contributed by atoms with Crippen molar-refractivity contribution >= 4 is 36.7 Å². The van der Waals surface area contributed by atoms with E-state index in [1.54, 1.807) is 0 Å². The molecule has 0 atom stereocenters. The molecule has 0 saturated carbocycles. The monoisotopic (exact) mass is 809 g/mol. The van der Waals surface area contributed by atoms with Gasteiger partial charge in [0.25, 0.3) is 0 Å². The summed E-state index contributed by atoms with van der Waals surface area (Å²) in [6, 6.07) is 0. The molecule has 25 heteroatoms. The Kier molecular flexibility index (Phi) is 298. The Balaban J connectivity index is -0.00000000623. The number of hydrogen-bond donors (Lipinski definition) is 0. The van der Waals surface area contributed by atoms with Crippen molar-refractivity contribution in [3.63, 3.8) is 0 Å². The van der Waals surface area contributed by atoms with Crippen LogP contribution in [0.2, 0.25) is 0 Å². The topological polar surface area (TPSA) is 375 Å². The molecule has 0 bridgehead atoms. The SMILES string of the molecule is O=[Si]([O-])[O-].O=[Si]([O-])[O-].O=[Si]([O-])[O-].O=[Si]([O-])[O-].[N-3].[N-3].[N-3].[N-3].[Zr+4].[Zr+4].[Zr+4].[Zr+4].[Zr+4]. The number of hydrogen-bond acceptors (Lipinski definition) is 12. The summed E-state index contributed by atoms with van der Waals surface area (Å²) in [4.78, 5) is 68.1. The van der Waals surface area contributed by atoms with Crippen molar-refractivity contribution in [3.05, 3.63) is 24.6 Å². The Hall–Kier alpha value is 2.72. The van der Waals surface area contributed by atoms with E-state index in [0.717, 1.165) is 0 Å². The van der Waals surface area contributed by atoms with Gasteiger partial charge < -0.3 is 80.8 Å². The molecule has 0 aliphatic carbocycles. The summed E-state index contributed by atoms with van der Waals surface area (Å²) in [6.07, 6.45) is 0. The van der Waals surface area contributed by atoms with Crippen LogP contribution in [0.3, 0.4) is 0 Å². The zero-order valence-electron chi connectivity index (χ0n) is 11.2. The molecule has 25 heavy (non-hydrogen) atoms. The van der Waals surface area contributed by atoms with E-state index in [1.807, 2.05) is 0 Å². The van der Waals surface area contributed by atoms with Gasteiger partial charge in [0.1, 0.15) is 0 Å². The molecular formula is N4O12Si4Zr5. The first-order valence-electron chi connectivity index (χ1n) is 2.45. The minimum atomic E-state index is -3.63. The second-order valence-corrected chi connectivity index (χ2v) is 3.00. The minimum Gasteiger partial charge on any atom is -3.00 e. The fourth-order valence-corrected chi connectivity index (χ4v) is 0. The zero-order valence-corrected chi connectivity index (χ0v) is 27.5. The minimum absolute atomic E-state index is 0. The van der Waals surface area contributed by atoms with E-state index < -0.39 is 36.7 Å².